The molecule has 3 unspecified atom stereocenters. The molecule has 3 aromatic rings. The second-order valence-corrected chi connectivity index (χ2v) is 19.8. The molecule has 1 amide bonds. The zero-order chi connectivity index (χ0) is 50.1. The van der Waals surface area contributed by atoms with Crippen molar-refractivity contribution in [3.8, 4) is 6.07 Å². The summed E-state index contributed by atoms with van der Waals surface area (Å²) in [5.74, 6) is 0.0152. The fourth-order valence-electron chi connectivity index (χ4n) is 10.5. The van der Waals surface area contributed by atoms with Gasteiger partial charge in [0.2, 0.25) is 5.91 Å². The summed E-state index contributed by atoms with van der Waals surface area (Å²) in [6.07, 6.45) is 13.5. The minimum Gasteiger partial charge on any atom is -0.385 e. The van der Waals surface area contributed by atoms with Gasteiger partial charge in [-0.1, -0.05) is 50.2 Å². The molecule has 3 saturated heterocycles. The number of aliphatic hydroxyl groups is 3. The van der Waals surface area contributed by atoms with E-state index in [0.29, 0.717) is 61.1 Å². The number of piperidine rings is 3. The second-order valence-electron chi connectivity index (χ2n) is 19.8. The van der Waals surface area contributed by atoms with E-state index in [1.54, 1.807) is 39.5 Å². The lowest BCUT2D eigenvalue weighted by Gasteiger charge is -2.40. The number of amides is 1. The Balaban J connectivity index is 0.000000225. The van der Waals surface area contributed by atoms with Crippen LogP contribution in [0.5, 0.6) is 0 Å². The van der Waals surface area contributed by atoms with E-state index in [2.05, 4.69) is 60.1 Å². The van der Waals surface area contributed by atoms with Gasteiger partial charge in [0.05, 0.1) is 28.4 Å². The minimum atomic E-state index is -1.19. The summed E-state index contributed by atoms with van der Waals surface area (Å²) in [6, 6.07) is 21.9. The molecular formula is C56H86FN5O7. The van der Waals surface area contributed by atoms with Gasteiger partial charge in [0, 0.05) is 89.7 Å². The Morgan fingerprint density at radius 2 is 1.13 bits per heavy atom. The van der Waals surface area contributed by atoms with Gasteiger partial charge < -0.3 is 51.2 Å². The lowest BCUT2D eigenvalue weighted by Crippen LogP contribution is -2.44. The summed E-state index contributed by atoms with van der Waals surface area (Å²) in [5.41, 5.74) is 6.95. The first-order chi connectivity index (χ1) is 33.3. The maximum absolute atomic E-state index is 13.8. The zero-order valence-electron chi connectivity index (χ0n) is 42.5. The van der Waals surface area contributed by atoms with Crippen molar-refractivity contribution < 1.29 is 38.7 Å². The Kier molecular flexibility index (Phi) is 25.2. The molecule has 3 aliphatic rings. The lowest BCUT2D eigenvalue weighted by molar-refractivity contribution is -0.0440. The highest BCUT2D eigenvalue weighted by Crippen LogP contribution is 2.42. The molecule has 69 heavy (non-hydrogen) atoms. The fourth-order valence-corrected chi connectivity index (χ4v) is 10.5. The number of rotatable bonds is 23. The number of ether oxygens (including phenoxy) is 3. The average molecular weight is 960 g/mol. The largest absolute Gasteiger partial charge is 0.385 e. The number of nitrogens with one attached hydrogen (secondary N) is 3. The Morgan fingerprint density at radius 1 is 0.681 bits per heavy atom. The molecule has 6 atom stereocenters. The molecule has 8 N–H and O–H groups in total. The summed E-state index contributed by atoms with van der Waals surface area (Å²) >= 11 is 0. The van der Waals surface area contributed by atoms with Crippen LogP contribution in [0.2, 0.25) is 0 Å². The highest BCUT2D eigenvalue weighted by atomic mass is 19.1. The van der Waals surface area contributed by atoms with Gasteiger partial charge in [-0.25, -0.2) is 4.39 Å². The highest BCUT2D eigenvalue weighted by molar-refractivity contribution is 5.92. The molecule has 3 aliphatic heterocycles. The van der Waals surface area contributed by atoms with Crippen LogP contribution in [-0.4, -0.2) is 102 Å². The first-order valence-corrected chi connectivity index (χ1v) is 25.7. The third-order valence-electron chi connectivity index (χ3n) is 14.7. The molecule has 12 nitrogen and oxygen atoms in total. The summed E-state index contributed by atoms with van der Waals surface area (Å²) < 4.78 is 29.1. The van der Waals surface area contributed by atoms with Gasteiger partial charge in [-0.15, -0.1) is 0 Å². The lowest BCUT2D eigenvalue weighted by atomic mass is 9.73. The van der Waals surface area contributed by atoms with Crippen molar-refractivity contribution in [1.82, 2.24) is 16.0 Å². The number of carbonyl (C=O) groups is 1. The van der Waals surface area contributed by atoms with Gasteiger partial charge in [-0.2, -0.15) is 5.26 Å². The molecule has 384 valence electrons. The van der Waals surface area contributed by atoms with E-state index in [1.807, 2.05) is 6.07 Å². The van der Waals surface area contributed by atoms with Crippen LogP contribution in [0, 0.1) is 34.9 Å². The van der Waals surface area contributed by atoms with Crippen LogP contribution in [0.25, 0.3) is 0 Å². The second kappa shape index (κ2) is 30.2. The van der Waals surface area contributed by atoms with Crippen LogP contribution >= 0.6 is 0 Å². The molecule has 6 rings (SSSR count). The Morgan fingerprint density at radius 3 is 1.55 bits per heavy atom. The zero-order valence-corrected chi connectivity index (χ0v) is 42.5. The summed E-state index contributed by atoms with van der Waals surface area (Å²) in [6.45, 7) is 11.9. The number of hydrogen-bond acceptors (Lipinski definition) is 11. The normalized spacial score (nSPS) is 21.0. The quantitative estimate of drug-likeness (QED) is 0.0453. The van der Waals surface area contributed by atoms with E-state index >= 15 is 0 Å². The average Bonchev–Trinajstić information content (AvgIpc) is 3.39. The van der Waals surface area contributed by atoms with Gasteiger partial charge in [0.25, 0.3) is 0 Å². The molecule has 0 aliphatic carbocycles. The van der Waals surface area contributed by atoms with Crippen molar-refractivity contribution in [3.05, 3.63) is 106 Å². The van der Waals surface area contributed by atoms with Crippen molar-refractivity contribution in [2.75, 3.05) is 80.4 Å². The summed E-state index contributed by atoms with van der Waals surface area (Å²) in [4.78, 5) is 11.5. The van der Waals surface area contributed by atoms with Gasteiger partial charge in [-0.05, 0) is 169 Å². The fraction of sp³-hybridized carbons (Fsp3) is 0.643. The van der Waals surface area contributed by atoms with E-state index in [-0.39, 0.29) is 11.8 Å². The molecule has 0 radical (unpaired) electrons. The van der Waals surface area contributed by atoms with E-state index in [4.69, 9.17) is 19.9 Å². The molecule has 0 aromatic heterocycles. The number of nitrogens with zero attached hydrogens (tertiary/aromatic N) is 1. The SMILES string of the molecule is COCCCC[C@@](O)(c1cc(F)ccc1C#N)C1CCCNC1.COCCCC[C@@](O)(c1cccc(C(C)C)c1)C1CCCNC1.COCCCC[C@@](O)(c1cccc(C(N)=O)c1)C1CCCNC1. The first kappa shape index (κ1) is 57.8. The molecule has 3 aromatic carbocycles. The Hall–Kier alpha value is -3.81. The van der Waals surface area contributed by atoms with E-state index in [1.165, 1.54) is 23.8 Å². The monoisotopic (exact) mass is 960 g/mol. The first-order valence-electron chi connectivity index (χ1n) is 25.7. The van der Waals surface area contributed by atoms with Gasteiger partial charge in [0.1, 0.15) is 5.82 Å². The van der Waals surface area contributed by atoms with E-state index in [0.717, 1.165) is 134 Å². The smallest absolute Gasteiger partial charge is 0.248 e. The van der Waals surface area contributed by atoms with E-state index in [9.17, 15) is 29.8 Å². The van der Waals surface area contributed by atoms with Crippen molar-refractivity contribution >= 4 is 5.91 Å². The highest BCUT2D eigenvalue weighted by Gasteiger charge is 2.42. The molecule has 13 heteroatoms. The Labute approximate surface area is 413 Å². The van der Waals surface area contributed by atoms with Crippen molar-refractivity contribution in [2.24, 2.45) is 23.5 Å². The predicted octanol–water partition coefficient (Wildman–Crippen LogP) is 8.30. The number of unbranched alkanes of at least 4 members (excludes halogenated alkanes) is 3. The molecule has 3 fully saturated rings. The number of nitrogens with two attached hydrogens (primary N) is 1. The third kappa shape index (κ3) is 17.2. The Bertz CT molecular complexity index is 1980. The van der Waals surface area contributed by atoms with Crippen LogP contribution in [-0.2, 0) is 31.0 Å². The van der Waals surface area contributed by atoms with Crippen LogP contribution in [0.4, 0.5) is 4.39 Å². The molecular weight excluding hydrogens is 874 g/mol. The number of primary amides is 1. The van der Waals surface area contributed by atoms with Gasteiger partial charge in [-0.3, -0.25) is 4.79 Å². The number of nitriles is 1. The van der Waals surface area contributed by atoms with Crippen molar-refractivity contribution in [1.29, 1.82) is 5.26 Å². The van der Waals surface area contributed by atoms with Crippen LogP contribution in [0.3, 0.4) is 0 Å². The van der Waals surface area contributed by atoms with Crippen molar-refractivity contribution in [2.45, 2.75) is 133 Å². The molecule has 0 bridgehead atoms. The number of methoxy groups -OCH3 is 3. The predicted molar refractivity (Wildman–Crippen MR) is 272 cm³/mol. The van der Waals surface area contributed by atoms with E-state index < -0.39 is 28.5 Å². The minimum absolute atomic E-state index is 0.0207. The molecule has 3 heterocycles. The number of hydrogen-bond donors (Lipinski definition) is 7. The van der Waals surface area contributed by atoms with Crippen LogP contribution in [0.15, 0.2) is 66.7 Å². The van der Waals surface area contributed by atoms with Crippen LogP contribution < -0.4 is 21.7 Å². The topological polar surface area (TPSA) is 191 Å². The number of benzene rings is 3. The van der Waals surface area contributed by atoms with Gasteiger partial charge >= 0.3 is 0 Å². The van der Waals surface area contributed by atoms with Crippen molar-refractivity contribution in [3.63, 3.8) is 0 Å². The van der Waals surface area contributed by atoms with Gasteiger partial charge in [0.15, 0.2) is 0 Å². The third-order valence-corrected chi connectivity index (χ3v) is 14.7. The summed E-state index contributed by atoms with van der Waals surface area (Å²) in [7, 11) is 5.08. The number of halogens is 1. The standard InChI is InChI=1S/C20H33NO2.C18H25FN2O2.C18H28N2O3/c1-16(2)17-8-6-9-18(14-17)20(22,11-4-5-13-23-3)19-10-7-12-21-15-19;1-23-10-3-2-8-18(22,15-5-4-9-21-13-15)17-11-16(19)7-6-14(17)12-20;1-23-11-3-2-9-18(22,16-8-5-10-20-13-16)15-7-4-6-14(12-15)17(19)21/h6,8-9,14,16,19,21-22H,4-5,7,10-13,15H2,1-3H3;6-7,11,15,21-22H,2-5,8-10,13H2,1H3;4,6-7,12,16,20,22H,2-3,5,8-11,13H2,1H3,(H2,19,21)/t19?,20-;15?,18-;16?,18-/m101/s1. The summed E-state index contributed by atoms with van der Waals surface area (Å²) in [5, 5.41) is 54.1. The number of carbonyl (C=O) groups excluding carboxylic acids is 1. The molecule has 0 spiro atoms. The maximum Gasteiger partial charge on any atom is 0.248 e. The maximum atomic E-state index is 13.8. The van der Waals surface area contributed by atoms with Crippen LogP contribution in [0.1, 0.15) is 154 Å². The molecule has 0 saturated carbocycles.